The van der Waals surface area contributed by atoms with Crippen LogP contribution in [0.3, 0.4) is 0 Å². The van der Waals surface area contributed by atoms with Gasteiger partial charge >= 0.3 is 0 Å². The van der Waals surface area contributed by atoms with Gasteiger partial charge in [-0.25, -0.2) is 0 Å². The second kappa shape index (κ2) is 8.82. The molecule has 146 valence electrons. The summed E-state index contributed by atoms with van der Waals surface area (Å²) in [6, 6.07) is 14.7. The van der Waals surface area contributed by atoms with Gasteiger partial charge in [-0.15, -0.1) is 0 Å². The molecule has 7 heteroatoms. The van der Waals surface area contributed by atoms with E-state index in [1.54, 1.807) is 6.08 Å². The van der Waals surface area contributed by atoms with Gasteiger partial charge in [0.25, 0.3) is 0 Å². The van der Waals surface area contributed by atoms with Crippen LogP contribution in [0.1, 0.15) is 17.2 Å². The zero-order valence-electron chi connectivity index (χ0n) is 15.5. The summed E-state index contributed by atoms with van der Waals surface area (Å²) >= 11 is 6.24. The van der Waals surface area contributed by atoms with Crippen LogP contribution in [0.25, 0.3) is 0 Å². The van der Waals surface area contributed by atoms with Crippen molar-refractivity contribution in [2.24, 2.45) is 5.73 Å². The van der Waals surface area contributed by atoms with E-state index >= 15 is 0 Å². The van der Waals surface area contributed by atoms with Gasteiger partial charge in [0, 0.05) is 22.8 Å². The largest absolute Gasteiger partial charge is 0.386 e. The van der Waals surface area contributed by atoms with E-state index in [0.717, 1.165) is 16.8 Å². The lowest BCUT2D eigenvalue weighted by molar-refractivity contribution is 0.138. The molecule has 0 amide bonds. The molecule has 2 unspecified atom stereocenters. The Morgan fingerprint density at radius 2 is 2.00 bits per heavy atom. The van der Waals surface area contributed by atoms with Crippen LogP contribution in [0.5, 0.6) is 0 Å². The van der Waals surface area contributed by atoms with Crippen molar-refractivity contribution >= 4 is 23.1 Å². The van der Waals surface area contributed by atoms with Crippen molar-refractivity contribution in [3.8, 4) is 0 Å². The third-order valence-electron chi connectivity index (χ3n) is 4.49. The van der Waals surface area contributed by atoms with Crippen LogP contribution in [-0.4, -0.2) is 23.7 Å². The summed E-state index contributed by atoms with van der Waals surface area (Å²) in [6.45, 7) is 2.48. The van der Waals surface area contributed by atoms with E-state index in [0.29, 0.717) is 23.0 Å². The molecule has 6 nitrogen and oxygen atoms in total. The Hall–Kier alpha value is -2.96. The van der Waals surface area contributed by atoms with Crippen LogP contribution < -0.4 is 21.7 Å². The Morgan fingerprint density at radius 1 is 1.25 bits per heavy atom. The number of aliphatic hydroxyl groups excluding tert-OH is 1. The zero-order chi connectivity index (χ0) is 20.1. The van der Waals surface area contributed by atoms with Gasteiger partial charge in [-0.2, -0.15) is 0 Å². The van der Waals surface area contributed by atoms with Crippen molar-refractivity contribution in [2.45, 2.75) is 19.2 Å². The lowest BCUT2D eigenvalue weighted by atomic mass is 10.0. The number of aliphatic hydroxyl groups is 1. The molecular formula is C21H24ClN5O. The highest BCUT2D eigenvalue weighted by atomic mass is 35.5. The Bertz CT molecular complexity index is 910. The summed E-state index contributed by atoms with van der Waals surface area (Å²) in [4.78, 5) is 0. The minimum absolute atomic E-state index is 0.0987. The van der Waals surface area contributed by atoms with Crippen LogP contribution in [0.15, 0.2) is 72.1 Å². The lowest BCUT2D eigenvalue weighted by Gasteiger charge is -2.28. The van der Waals surface area contributed by atoms with E-state index in [1.165, 1.54) is 0 Å². The molecule has 2 atom stereocenters. The van der Waals surface area contributed by atoms with E-state index in [-0.39, 0.29) is 5.84 Å². The van der Waals surface area contributed by atoms with E-state index in [4.69, 9.17) is 22.7 Å². The summed E-state index contributed by atoms with van der Waals surface area (Å²) in [5, 5.41) is 28.9. The fourth-order valence-electron chi connectivity index (χ4n) is 2.91. The number of anilines is 1. The Labute approximate surface area is 169 Å². The summed E-state index contributed by atoms with van der Waals surface area (Å²) in [5.41, 5.74) is 9.03. The van der Waals surface area contributed by atoms with Crippen molar-refractivity contribution in [3.63, 3.8) is 0 Å². The van der Waals surface area contributed by atoms with Crippen LogP contribution in [-0.2, 0) is 0 Å². The van der Waals surface area contributed by atoms with Gasteiger partial charge in [0.2, 0.25) is 0 Å². The second-order valence-corrected chi connectivity index (χ2v) is 7.01. The van der Waals surface area contributed by atoms with Gasteiger partial charge in [0.15, 0.2) is 0 Å². The molecule has 0 aromatic heterocycles. The average molecular weight is 398 g/mol. The van der Waals surface area contributed by atoms with E-state index in [9.17, 15) is 5.11 Å². The number of benzene rings is 2. The maximum atomic E-state index is 10.9. The molecule has 1 aliphatic rings. The molecule has 0 saturated heterocycles. The average Bonchev–Trinajstić information content (AvgIpc) is 2.69. The topological polar surface area (TPSA) is 106 Å². The molecule has 0 bridgehead atoms. The molecule has 0 radical (unpaired) electrons. The molecule has 2 aromatic rings. The van der Waals surface area contributed by atoms with Gasteiger partial charge in [0.05, 0.1) is 11.9 Å². The molecule has 0 saturated carbocycles. The summed E-state index contributed by atoms with van der Waals surface area (Å²) < 4.78 is 0. The number of amidine groups is 1. The monoisotopic (exact) mass is 397 g/mol. The lowest BCUT2D eigenvalue weighted by Crippen LogP contribution is -2.42. The minimum atomic E-state index is -1.06. The quantitative estimate of drug-likeness (QED) is 0.255. The molecule has 0 spiro atoms. The predicted molar refractivity (Wildman–Crippen MR) is 114 cm³/mol. The van der Waals surface area contributed by atoms with Crippen molar-refractivity contribution in [1.29, 1.82) is 5.41 Å². The van der Waals surface area contributed by atoms with E-state index in [1.807, 2.05) is 61.5 Å². The van der Waals surface area contributed by atoms with Gasteiger partial charge in [0.1, 0.15) is 12.1 Å². The molecule has 3 rings (SSSR count). The van der Waals surface area contributed by atoms with Crippen LogP contribution >= 0.6 is 11.6 Å². The first-order chi connectivity index (χ1) is 13.4. The van der Waals surface area contributed by atoms with Crippen LogP contribution in [0.2, 0.25) is 5.02 Å². The number of hydrogen-bond donors (Lipinski definition) is 6. The molecule has 28 heavy (non-hydrogen) atoms. The highest BCUT2D eigenvalue weighted by Gasteiger charge is 2.23. The fraction of sp³-hybridized carbons (Fsp3) is 0.190. The molecule has 0 aliphatic carbocycles. The third kappa shape index (κ3) is 4.85. The predicted octanol–water partition coefficient (Wildman–Crippen LogP) is 3.02. The normalized spacial score (nSPS) is 15.5. The minimum Gasteiger partial charge on any atom is -0.386 e. The van der Waals surface area contributed by atoms with Gasteiger partial charge < -0.3 is 26.8 Å². The maximum Gasteiger partial charge on any atom is 0.150 e. The van der Waals surface area contributed by atoms with Gasteiger partial charge in [-0.05, 0) is 36.3 Å². The van der Waals surface area contributed by atoms with E-state index < -0.39 is 12.3 Å². The summed E-state index contributed by atoms with van der Waals surface area (Å²) in [7, 11) is 0. The first-order valence-electron chi connectivity index (χ1n) is 8.96. The highest BCUT2D eigenvalue weighted by Crippen LogP contribution is 2.26. The standard InChI is InChI=1S/C21H24ClN5O/c1-13-7-8-16(12-17(13)22)26-19(14-5-3-2-4-6-14)21(28)27-20(24)15-9-10-25-18(23)11-15/h2-9,11-12,19,21,25-26,28H,10,23H2,1H3,(H2,24,27). The van der Waals surface area contributed by atoms with Gasteiger partial charge in [-0.3, -0.25) is 5.41 Å². The van der Waals surface area contributed by atoms with Crippen LogP contribution in [0, 0.1) is 12.3 Å². The number of rotatable bonds is 6. The van der Waals surface area contributed by atoms with Crippen LogP contribution in [0.4, 0.5) is 5.69 Å². The summed E-state index contributed by atoms with van der Waals surface area (Å²) in [5.74, 6) is 0.590. The second-order valence-electron chi connectivity index (χ2n) is 6.60. The van der Waals surface area contributed by atoms with Gasteiger partial charge in [-0.1, -0.05) is 54.1 Å². The fourth-order valence-corrected chi connectivity index (χ4v) is 3.09. The molecular weight excluding hydrogens is 374 g/mol. The maximum absolute atomic E-state index is 10.9. The number of nitrogens with one attached hydrogen (secondary N) is 4. The first kappa shape index (κ1) is 19.8. The van der Waals surface area contributed by atoms with Crippen molar-refractivity contribution < 1.29 is 5.11 Å². The Morgan fingerprint density at radius 3 is 2.68 bits per heavy atom. The molecule has 0 fully saturated rings. The van der Waals surface area contributed by atoms with Crippen molar-refractivity contribution in [1.82, 2.24) is 10.6 Å². The first-order valence-corrected chi connectivity index (χ1v) is 9.34. The molecule has 2 aromatic carbocycles. The molecule has 7 N–H and O–H groups in total. The third-order valence-corrected chi connectivity index (χ3v) is 4.90. The number of nitrogens with two attached hydrogens (primary N) is 1. The number of aryl methyl sites for hydroxylation is 1. The molecule has 1 heterocycles. The number of dihydropyridines is 1. The number of hydrogen-bond acceptors (Lipinski definition) is 5. The van der Waals surface area contributed by atoms with E-state index in [2.05, 4.69) is 16.0 Å². The smallest absolute Gasteiger partial charge is 0.150 e. The Kier molecular flexibility index (Phi) is 6.23. The number of halogens is 1. The van der Waals surface area contributed by atoms with Crippen molar-refractivity contribution in [3.05, 3.63) is 88.2 Å². The Balaban J connectivity index is 1.81. The zero-order valence-corrected chi connectivity index (χ0v) is 16.3. The molecule has 1 aliphatic heterocycles. The van der Waals surface area contributed by atoms with Crippen molar-refractivity contribution in [2.75, 3.05) is 11.9 Å². The SMILES string of the molecule is Cc1ccc(NC(c2ccccc2)C(O)NC(=N)C2=CCNC(N)=C2)cc1Cl. The summed E-state index contributed by atoms with van der Waals surface area (Å²) in [6.07, 6.45) is 2.44. The highest BCUT2D eigenvalue weighted by molar-refractivity contribution is 6.31.